The maximum Gasteiger partial charge on any atom is 0.0629 e. The molecule has 0 aromatic heterocycles. The van der Waals surface area contributed by atoms with Gasteiger partial charge in [-0.3, -0.25) is 0 Å². The summed E-state index contributed by atoms with van der Waals surface area (Å²) in [6, 6.07) is 0. The van der Waals surface area contributed by atoms with E-state index in [1.165, 1.54) is 19.3 Å². The molecular formula is C8H14O. The third-order valence-electron chi connectivity index (χ3n) is 2.73. The molecule has 2 fully saturated rings. The predicted octanol–water partition coefficient (Wildman–Crippen LogP) is 1.82. The molecular weight excluding hydrogens is 112 g/mol. The lowest BCUT2D eigenvalue weighted by atomic mass is 9.70. The zero-order valence-electron chi connectivity index (χ0n) is 5.97. The molecule has 3 atom stereocenters. The van der Waals surface area contributed by atoms with Crippen molar-refractivity contribution < 1.29 is 4.74 Å². The van der Waals surface area contributed by atoms with Crippen molar-refractivity contribution in [3.05, 3.63) is 0 Å². The smallest absolute Gasteiger partial charge is 0.0629 e. The summed E-state index contributed by atoms with van der Waals surface area (Å²) in [6.45, 7) is 3.32. The molecule has 1 heteroatoms. The summed E-state index contributed by atoms with van der Waals surface area (Å²) in [6.07, 6.45) is 4.80. The number of fused-ring (bicyclic) bond motifs is 1. The predicted molar refractivity (Wildman–Crippen MR) is 36.2 cm³/mol. The fourth-order valence-corrected chi connectivity index (χ4v) is 2.16. The largest absolute Gasteiger partial charge is 0.378 e. The second kappa shape index (κ2) is 1.98. The minimum Gasteiger partial charge on any atom is -0.378 e. The van der Waals surface area contributed by atoms with Crippen LogP contribution in [0.15, 0.2) is 0 Å². The molecule has 1 aliphatic carbocycles. The van der Waals surface area contributed by atoms with E-state index < -0.39 is 0 Å². The zero-order valence-corrected chi connectivity index (χ0v) is 5.97. The molecule has 0 radical (unpaired) electrons. The third-order valence-corrected chi connectivity index (χ3v) is 2.73. The molecule has 0 amide bonds. The lowest BCUT2D eigenvalue weighted by molar-refractivity contribution is -0.121. The Bertz CT molecular complexity index is 109. The minimum atomic E-state index is 0.652. The van der Waals surface area contributed by atoms with Gasteiger partial charge in [-0.25, -0.2) is 0 Å². The molecule has 9 heavy (non-hydrogen) atoms. The molecule has 0 aromatic carbocycles. The molecule has 0 N–H and O–H groups in total. The summed E-state index contributed by atoms with van der Waals surface area (Å²) < 4.78 is 5.59. The van der Waals surface area contributed by atoms with Crippen molar-refractivity contribution in [2.75, 3.05) is 6.61 Å². The molecule has 0 unspecified atom stereocenters. The van der Waals surface area contributed by atoms with E-state index in [9.17, 15) is 0 Å². The van der Waals surface area contributed by atoms with Crippen LogP contribution in [0, 0.1) is 11.8 Å². The maximum absolute atomic E-state index is 5.59. The fourth-order valence-electron chi connectivity index (χ4n) is 2.16. The highest BCUT2D eigenvalue weighted by Crippen LogP contribution is 2.41. The van der Waals surface area contributed by atoms with Gasteiger partial charge in [0.1, 0.15) is 0 Å². The molecule has 2 aliphatic rings. The van der Waals surface area contributed by atoms with Crippen molar-refractivity contribution in [2.45, 2.75) is 32.3 Å². The highest BCUT2D eigenvalue weighted by atomic mass is 16.5. The Hall–Kier alpha value is -0.0400. The van der Waals surface area contributed by atoms with E-state index in [1.54, 1.807) is 0 Å². The standard InChI is InChI=1S/C8H14O/c1-6-5-7-3-2-4-9-8(6)7/h6-8H,2-5H2,1H3/t6-,7+,8-/m1/s1. The van der Waals surface area contributed by atoms with E-state index in [1.807, 2.05) is 0 Å². The first-order chi connectivity index (χ1) is 4.38. The molecule has 1 saturated heterocycles. The Morgan fingerprint density at radius 2 is 2.33 bits per heavy atom. The highest BCUT2D eigenvalue weighted by Gasteiger charge is 2.40. The Balaban J connectivity index is 1.94. The Labute approximate surface area is 56.4 Å². The van der Waals surface area contributed by atoms with Crippen LogP contribution in [0.3, 0.4) is 0 Å². The van der Waals surface area contributed by atoms with E-state index in [-0.39, 0.29) is 0 Å². The average Bonchev–Trinajstić information content (AvgIpc) is 1.86. The van der Waals surface area contributed by atoms with Crippen LogP contribution in [0.25, 0.3) is 0 Å². The number of rotatable bonds is 0. The van der Waals surface area contributed by atoms with Crippen LogP contribution in [0.5, 0.6) is 0 Å². The molecule has 52 valence electrons. The van der Waals surface area contributed by atoms with Gasteiger partial charge in [-0.2, -0.15) is 0 Å². The van der Waals surface area contributed by atoms with Gasteiger partial charge >= 0.3 is 0 Å². The molecule has 0 aromatic rings. The molecule has 1 aliphatic heterocycles. The topological polar surface area (TPSA) is 9.23 Å². The van der Waals surface area contributed by atoms with Gasteiger partial charge < -0.3 is 4.74 Å². The summed E-state index contributed by atoms with van der Waals surface area (Å²) in [4.78, 5) is 0. The first-order valence-electron chi connectivity index (χ1n) is 3.99. The van der Waals surface area contributed by atoms with Crippen molar-refractivity contribution in [3.63, 3.8) is 0 Å². The summed E-state index contributed by atoms with van der Waals surface area (Å²) in [5, 5.41) is 0. The summed E-state index contributed by atoms with van der Waals surface area (Å²) in [7, 11) is 0. The highest BCUT2D eigenvalue weighted by molar-refractivity contribution is 4.89. The normalized spacial score (nSPS) is 49.7. The van der Waals surface area contributed by atoms with Crippen LogP contribution in [0.4, 0.5) is 0 Å². The van der Waals surface area contributed by atoms with Gasteiger partial charge in [0.05, 0.1) is 6.10 Å². The number of ether oxygens (including phenoxy) is 1. The maximum atomic E-state index is 5.59. The monoisotopic (exact) mass is 126 g/mol. The Morgan fingerprint density at radius 1 is 1.44 bits per heavy atom. The van der Waals surface area contributed by atoms with E-state index in [4.69, 9.17) is 4.74 Å². The van der Waals surface area contributed by atoms with Crippen molar-refractivity contribution >= 4 is 0 Å². The summed E-state index contributed by atoms with van der Waals surface area (Å²) in [5.74, 6) is 1.80. The second-order valence-electron chi connectivity index (χ2n) is 3.45. The van der Waals surface area contributed by atoms with E-state index in [0.717, 1.165) is 18.4 Å². The first-order valence-corrected chi connectivity index (χ1v) is 3.99. The van der Waals surface area contributed by atoms with Gasteiger partial charge in [0.15, 0.2) is 0 Å². The molecule has 1 nitrogen and oxygen atoms in total. The van der Waals surface area contributed by atoms with Crippen LogP contribution >= 0.6 is 0 Å². The van der Waals surface area contributed by atoms with Gasteiger partial charge in [-0.15, -0.1) is 0 Å². The number of hydrogen-bond acceptors (Lipinski definition) is 1. The lowest BCUT2D eigenvalue weighted by Crippen LogP contribution is -2.45. The molecule has 2 rings (SSSR count). The van der Waals surface area contributed by atoms with Gasteiger partial charge in [-0.1, -0.05) is 6.92 Å². The van der Waals surface area contributed by atoms with E-state index >= 15 is 0 Å². The molecule has 0 spiro atoms. The zero-order chi connectivity index (χ0) is 6.27. The third kappa shape index (κ3) is 0.787. The van der Waals surface area contributed by atoms with E-state index in [0.29, 0.717) is 6.10 Å². The van der Waals surface area contributed by atoms with Crippen molar-refractivity contribution in [1.82, 2.24) is 0 Å². The summed E-state index contributed by atoms with van der Waals surface area (Å²) >= 11 is 0. The molecule has 1 heterocycles. The quantitative estimate of drug-likeness (QED) is 0.481. The first kappa shape index (κ1) is 5.72. The Kier molecular flexibility index (Phi) is 1.26. The molecule has 0 bridgehead atoms. The lowest BCUT2D eigenvalue weighted by Gasteiger charge is -2.45. The van der Waals surface area contributed by atoms with Gasteiger partial charge in [0.2, 0.25) is 0 Å². The van der Waals surface area contributed by atoms with Crippen molar-refractivity contribution in [2.24, 2.45) is 11.8 Å². The Morgan fingerprint density at radius 3 is 2.89 bits per heavy atom. The van der Waals surface area contributed by atoms with Crippen LogP contribution in [-0.2, 0) is 4.74 Å². The summed E-state index contributed by atoms with van der Waals surface area (Å²) in [5.41, 5.74) is 0. The second-order valence-corrected chi connectivity index (χ2v) is 3.45. The average molecular weight is 126 g/mol. The van der Waals surface area contributed by atoms with Crippen LogP contribution in [-0.4, -0.2) is 12.7 Å². The van der Waals surface area contributed by atoms with Crippen molar-refractivity contribution in [3.8, 4) is 0 Å². The van der Waals surface area contributed by atoms with Crippen LogP contribution in [0.2, 0.25) is 0 Å². The van der Waals surface area contributed by atoms with E-state index in [2.05, 4.69) is 6.92 Å². The van der Waals surface area contributed by atoms with Crippen LogP contribution in [0.1, 0.15) is 26.2 Å². The molecule has 1 saturated carbocycles. The number of hydrogen-bond donors (Lipinski definition) is 0. The van der Waals surface area contributed by atoms with Gasteiger partial charge in [-0.05, 0) is 31.1 Å². The van der Waals surface area contributed by atoms with Crippen LogP contribution < -0.4 is 0 Å². The van der Waals surface area contributed by atoms with Gasteiger partial charge in [0.25, 0.3) is 0 Å². The minimum absolute atomic E-state index is 0.652. The van der Waals surface area contributed by atoms with Gasteiger partial charge in [0, 0.05) is 6.61 Å². The van der Waals surface area contributed by atoms with Crippen molar-refractivity contribution in [1.29, 1.82) is 0 Å². The SMILES string of the molecule is C[C@@H]1C[C@@H]2CCCO[C@@H]21. The fraction of sp³-hybridized carbons (Fsp3) is 1.00.